The van der Waals surface area contributed by atoms with Gasteiger partial charge in [0.05, 0.1) is 0 Å². The number of hydrogen-bond acceptors (Lipinski definition) is 2. The Morgan fingerprint density at radius 2 is 2.00 bits per heavy atom. The van der Waals surface area contributed by atoms with Crippen LogP contribution < -0.4 is 5.63 Å². The summed E-state index contributed by atoms with van der Waals surface area (Å²) in [4.78, 5) is 10.5. The summed E-state index contributed by atoms with van der Waals surface area (Å²) in [5.41, 5.74) is -0.607. The molecule has 1 aromatic heterocycles. The van der Waals surface area contributed by atoms with Gasteiger partial charge in [-0.05, 0) is 23.7 Å². The van der Waals surface area contributed by atoms with Crippen molar-refractivity contribution in [3.05, 3.63) is 32.8 Å². The average Bonchev–Trinajstić information content (AvgIpc) is 1.80. The van der Waals surface area contributed by atoms with Crippen LogP contribution in [0.5, 0.6) is 0 Å². The molecule has 0 aliphatic carbocycles. The van der Waals surface area contributed by atoms with Crippen LogP contribution in [0.1, 0.15) is 0 Å². The lowest BCUT2D eigenvalue weighted by molar-refractivity contribution is 0.513. The molecule has 0 bridgehead atoms. The van der Waals surface area contributed by atoms with Crippen molar-refractivity contribution in [2.75, 3.05) is 0 Å². The number of halogens is 2. The van der Waals surface area contributed by atoms with E-state index in [-0.39, 0.29) is 10.2 Å². The zero-order chi connectivity index (χ0) is 6.85. The summed E-state index contributed by atoms with van der Waals surface area (Å²) in [5.74, 6) is 0. The van der Waals surface area contributed by atoms with Gasteiger partial charge in [-0.3, -0.25) is 0 Å². The summed E-state index contributed by atoms with van der Waals surface area (Å²) in [6.07, 6.45) is 0. The fraction of sp³-hybridized carbons (Fsp3) is 0. The van der Waals surface area contributed by atoms with Crippen molar-refractivity contribution < 1.29 is 4.42 Å². The third-order valence-corrected chi connectivity index (χ3v) is 1.23. The Balaban J connectivity index is 3.34. The van der Waals surface area contributed by atoms with E-state index in [2.05, 4.69) is 4.42 Å². The van der Waals surface area contributed by atoms with E-state index >= 15 is 0 Å². The van der Waals surface area contributed by atoms with Crippen molar-refractivity contribution in [3.63, 3.8) is 0 Å². The van der Waals surface area contributed by atoms with Crippen LogP contribution in [0.25, 0.3) is 0 Å². The fourth-order valence-electron chi connectivity index (χ4n) is 0.378. The Hall–Kier alpha value is -0.470. The van der Waals surface area contributed by atoms with Gasteiger partial charge in [0.1, 0.15) is 5.02 Å². The Labute approximate surface area is 61.0 Å². The lowest BCUT2D eigenvalue weighted by atomic mass is 10.5. The average molecular weight is 165 g/mol. The monoisotopic (exact) mass is 164 g/mol. The largest absolute Gasteiger partial charge is 0.410 e. The molecule has 0 N–H and O–H groups in total. The maximum atomic E-state index is 10.5. The van der Waals surface area contributed by atoms with Gasteiger partial charge < -0.3 is 4.42 Å². The molecule has 0 spiro atoms. The van der Waals surface area contributed by atoms with Gasteiger partial charge in [-0.2, -0.15) is 0 Å². The zero-order valence-electron chi connectivity index (χ0n) is 4.23. The molecule has 1 heterocycles. The minimum atomic E-state index is -0.607. The summed E-state index contributed by atoms with van der Waals surface area (Å²) in [6, 6.07) is 2.79. The highest BCUT2D eigenvalue weighted by molar-refractivity contribution is 6.31. The molecule has 0 atom stereocenters. The van der Waals surface area contributed by atoms with Crippen molar-refractivity contribution in [2.45, 2.75) is 0 Å². The molecule has 9 heavy (non-hydrogen) atoms. The van der Waals surface area contributed by atoms with E-state index < -0.39 is 5.63 Å². The lowest BCUT2D eigenvalue weighted by Gasteiger charge is -1.85. The molecular weight excluding hydrogens is 163 g/mol. The normalized spacial score (nSPS) is 9.56. The minimum absolute atomic E-state index is 0.0411. The third-order valence-electron chi connectivity index (χ3n) is 0.746. The molecule has 0 saturated carbocycles. The highest BCUT2D eigenvalue weighted by Gasteiger charge is 1.95. The molecule has 4 heteroatoms. The topological polar surface area (TPSA) is 30.2 Å². The summed E-state index contributed by atoms with van der Waals surface area (Å²) in [7, 11) is 0. The lowest BCUT2D eigenvalue weighted by Crippen LogP contribution is -1.96. The first kappa shape index (κ1) is 6.65. The highest BCUT2D eigenvalue weighted by Crippen LogP contribution is 2.07. The van der Waals surface area contributed by atoms with Crippen molar-refractivity contribution in [1.29, 1.82) is 0 Å². The van der Waals surface area contributed by atoms with Crippen molar-refractivity contribution in [1.82, 2.24) is 0 Å². The second-order valence-electron chi connectivity index (χ2n) is 1.37. The number of hydrogen-bond donors (Lipinski definition) is 0. The summed E-state index contributed by atoms with van der Waals surface area (Å²) in [5, 5.41) is 0.0869. The molecule has 0 amide bonds. The molecule has 2 nitrogen and oxygen atoms in total. The maximum Gasteiger partial charge on any atom is 0.355 e. The van der Waals surface area contributed by atoms with Gasteiger partial charge >= 0.3 is 5.63 Å². The minimum Gasteiger partial charge on any atom is -0.410 e. The molecule has 0 aliphatic heterocycles. The van der Waals surface area contributed by atoms with Gasteiger partial charge in [0.15, 0.2) is 5.22 Å². The van der Waals surface area contributed by atoms with Gasteiger partial charge in [-0.25, -0.2) is 4.79 Å². The Morgan fingerprint density at radius 3 is 2.44 bits per heavy atom. The van der Waals surface area contributed by atoms with Gasteiger partial charge in [0, 0.05) is 0 Å². The van der Waals surface area contributed by atoms with E-state index in [1.807, 2.05) is 0 Å². The van der Waals surface area contributed by atoms with E-state index in [0.717, 1.165) is 0 Å². The smallest absolute Gasteiger partial charge is 0.355 e. The quantitative estimate of drug-likeness (QED) is 0.587. The van der Waals surface area contributed by atoms with Crippen LogP contribution in [-0.4, -0.2) is 0 Å². The standard InChI is InChI=1S/C5H2Cl2O2/c6-3-1-2-4(7)9-5(3)8/h1-2H. The van der Waals surface area contributed by atoms with E-state index in [0.29, 0.717) is 0 Å². The second-order valence-corrected chi connectivity index (χ2v) is 2.15. The fourth-order valence-corrected chi connectivity index (χ4v) is 0.613. The molecular formula is C5H2Cl2O2. The van der Waals surface area contributed by atoms with Crippen LogP contribution in [0, 0.1) is 0 Å². The van der Waals surface area contributed by atoms with Gasteiger partial charge in [0.2, 0.25) is 0 Å². The molecule has 0 aromatic carbocycles. The van der Waals surface area contributed by atoms with Gasteiger partial charge in [-0.15, -0.1) is 0 Å². The second kappa shape index (κ2) is 2.42. The van der Waals surface area contributed by atoms with Crippen molar-refractivity contribution in [3.8, 4) is 0 Å². The van der Waals surface area contributed by atoms with Crippen LogP contribution in [0.3, 0.4) is 0 Å². The molecule has 0 aliphatic rings. The highest BCUT2D eigenvalue weighted by atomic mass is 35.5. The van der Waals surface area contributed by atoms with E-state index in [1.54, 1.807) is 0 Å². The molecule has 0 saturated heterocycles. The van der Waals surface area contributed by atoms with Crippen LogP contribution >= 0.6 is 23.2 Å². The first-order valence-corrected chi connectivity index (χ1v) is 2.91. The van der Waals surface area contributed by atoms with E-state index in [4.69, 9.17) is 23.2 Å². The molecule has 0 fully saturated rings. The van der Waals surface area contributed by atoms with Crippen molar-refractivity contribution in [2.24, 2.45) is 0 Å². The molecule has 0 unspecified atom stereocenters. The van der Waals surface area contributed by atoms with E-state index in [9.17, 15) is 4.79 Å². The first-order chi connectivity index (χ1) is 4.20. The van der Waals surface area contributed by atoms with Crippen LogP contribution in [0.4, 0.5) is 0 Å². The summed E-state index contributed by atoms with van der Waals surface area (Å²) < 4.78 is 4.39. The molecule has 1 aromatic rings. The van der Waals surface area contributed by atoms with Crippen LogP contribution in [0.2, 0.25) is 10.2 Å². The Kier molecular flexibility index (Phi) is 1.78. The van der Waals surface area contributed by atoms with Crippen molar-refractivity contribution >= 4 is 23.2 Å². The third kappa shape index (κ3) is 1.47. The van der Waals surface area contributed by atoms with Gasteiger partial charge in [0.25, 0.3) is 0 Å². The van der Waals surface area contributed by atoms with Gasteiger partial charge in [-0.1, -0.05) is 11.6 Å². The molecule has 1 rings (SSSR count). The summed E-state index contributed by atoms with van der Waals surface area (Å²) >= 11 is 10.6. The predicted molar refractivity (Wildman–Crippen MR) is 35.0 cm³/mol. The molecule has 48 valence electrons. The Morgan fingerprint density at radius 1 is 1.33 bits per heavy atom. The SMILES string of the molecule is O=c1oc(Cl)ccc1Cl. The van der Waals surface area contributed by atoms with E-state index in [1.165, 1.54) is 12.1 Å². The first-order valence-electron chi connectivity index (χ1n) is 2.15. The van der Waals surface area contributed by atoms with Crippen LogP contribution in [0.15, 0.2) is 21.3 Å². The maximum absolute atomic E-state index is 10.5. The Bertz CT molecular complexity index is 266. The summed E-state index contributed by atoms with van der Waals surface area (Å²) in [6.45, 7) is 0. The molecule has 0 radical (unpaired) electrons. The zero-order valence-corrected chi connectivity index (χ0v) is 5.74. The van der Waals surface area contributed by atoms with Crippen LogP contribution in [-0.2, 0) is 0 Å². The predicted octanol–water partition coefficient (Wildman–Crippen LogP) is 1.95. The number of rotatable bonds is 0.